The molecule has 2 saturated carbocycles. The van der Waals surface area contributed by atoms with E-state index in [1.165, 1.54) is 4.90 Å². The molecule has 226 valence electrons. The molecule has 9 nitrogen and oxygen atoms in total. The fraction of sp³-hybridized carbons (Fsp3) is 0.667. The van der Waals surface area contributed by atoms with E-state index in [2.05, 4.69) is 26.5 Å². The molecule has 2 aliphatic carbocycles. The molecule has 0 bridgehead atoms. The average molecular weight is 592 g/mol. The Kier molecular flexibility index (Phi) is 5.64. The maximum Gasteiger partial charge on any atom is 0.416 e. The molecule has 3 aromatic heterocycles. The summed E-state index contributed by atoms with van der Waals surface area (Å²) in [5.41, 5.74) is -1.76. The SMILES string of the molecule is [2H]C1([2H])COC12C([2H])([2H])N([C@H]1CC[C@H](n3cc([C@H]4CC[C@H](c5nnc(COc6cc(C(F)(F)F)ccn6)n5C)CC4)cn3)CC1)C2([2H])[2H]. The summed E-state index contributed by atoms with van der Waals surface area (Å²) < 4.78 is 104. The standard InChI is InChI=1S/C30H38F3N7O2/c1-38-26(17-41-27-14-23(10-12-34-27)30(31,32)33)36-37-28(38)21-4-2-20(3-5-21)22-15-35-40(16-22)25-8-6-24(7-9-25)39-18-29(19-39)11-13-42-29/h10,12,14-16,20-21,24-25H,2-9,11,13,17-19H2,1H3/t20-,21-,24-,25-/i11D2,18D2,19D2. The molecule has 2 saturated heterocycles. The predicted molar refractivity (Wildman–Crippen MR) is 147 cm³/mol. The first-order chi connectivity index (χ1) is 22.6. The van der Waals surface area contributed by atoms with Crippen LogP contribution in [0, 0.1) is 0 Å². The van der Waals surface area contributed by atoms with Crippen LogP contribution in [0.2, 0.25) is 0 Å². The van der Waals surface area contributed by atoms with E-state index >= 15 is 0 Å². The third kappa shape index (κ3) is 5.43. The first-order valence-corrected chi connectivity index (χ1v) is 14.6. The van der Waals surface area contributed by atoms with Crippen molar-refractivity contribution in [2.75, 3.05) is 19.6 Å². The van der Waals surface area contributed by atoms with Crippen molar-refractivity contribution < 1.29 is 30.9 Å². The zero-order chi connectivity index (χ0) is 34.3. The number of likely N-dealkylation sites (tertiary alicyclic amines) is 1. The number of nitrogens with zero attached hydrogens (tertiary/aromatic N) is 7. The van der Waals surface area contributed by atoms with Gasteiger partial charge in [0.25, 0.3) is 0 Å². The third-order valence-corrected chi connectivity index (χ3v) is 9.17. The van der Waals surface area contributed by atoms with Crippen LogP contribution in [0.5, 0.6) is 5.88 Å². The fourth-order valence-corrected chi connectivity index (χ4v) is 6.57. The minimum absolute atomic E-state index is 0.0568. The first kappa shape index (κ1) is 21.7. The largest absolute Gasteiger partial charge is 0.469 e. The van der Waals surface area contributed by atoms with Crippen molar-refractivity contribution in [3.8, 4) is 5.88 Å². The molecule has 3 aromatic rings. The Balaban J connectivity index is 0.913. The summed E-state index contributed by atoms with van der Waals surface area (Å²) in [5, 5.41) is 13.3. The van der Waals surface area contributed by atoms with Crippen molar-refractivity contribution in [1.29, 1.82) is 0 Å². The van der Waals surface area contributed by atoms with E-state index in [9.17, 15) is 13.2 Å². The highest BCUT2D eigenvalue weighted by molar-refractivity contribution is 5.23. The van der Waals surface area contributed by atoms with Gasteiger partial charge in [0.05, 0.1) is 30.0 Å². The highest BCUT2D eigenvalue weighted by atomic mass is 19.4. The fourth-order valence-electron chi connectivity index (χ4n) is 6.57. The van der Waals surface area contributed by atoms with Crippen LogP contribution in [-0.4, -0.2) is 65.7 Å². The van der Waals surface area contributed by atoms with Crippen molar-refractivity contribution in [2.45, 2.75) is 100 Å². The van der Waals surface area contributed by atoms with Gasteiger partial charge in [-0.05, 0) is 68.9 Å². The van der Waals surface area contributed by atoms with Crippen LogP contribution in [0.4, 0.5) is 13.2 Å². The molecule has 0 amide bonds. The summed E-state index contributed by atoms with van der Waals surface area (Å²) in [6, 6.07) is 1.52. The summed E-state index contributed by atoms with van der Waals surface area (Å²) in [4.78, 5) is 5.07. The minimum Gasteiger partial charge on any atom is -0.469 e. The highest BCUT2D eigenvalue weighted by Crippen LogP contribution is 2.43. The van der Waals surface area contributed by atoms with E-state index in [-0.39, 0.29) is 37.1 Å². The molecule has 42 heavy (non-hydrogen) atoms. The van der Waals surface area contributed by atoms with Gasteiger partial charge in [0, 0.05) is 65.1 Å². The lowest BCUT2D eigenvalue weighted by Crippen LogP contribution is -2.70. The second kappa shape index (κ2) is 10.9. The van der Waals surface area contributed by atoms with E-state index < -0.39 is 36.7 Å². The quantitative estimate of drug-likeness (QED) is 0.364. The topological polar surface area (TPSA) is 83.1 Å². The van der Waals surface area contributed by atoms with Crippen LogP contribution >= 0.6 is 0 Å². The second-order valence-corrected chi connectivity index (χ2v) is 11.7. The van der Waals surface area contributed by atoms with E-state index in [4.69, 9.17) is 17.7 Å². The molecule has 0 N–H and O–H groups in total. The first-order valence-electron chi connectivity index (χ1n) is 17.6. The van der Waals surface area contributed by atoms with Crippen molar-refractivity contribution >= 4 is 0 Å². The number of pyridine rings is 1. The van der Waals surface area contributed by atoms with Crippen molar-refractivity contribution in [3.63, 3.8) is 0 Å². The normalized spacial score (nSPS) is 33.6. The number of aromatic nitrogens is 6. The Morgan fingerprint density at radius 3 is 2.48 bits per heavy atom. The van der Waals surface area contributed by atoms with Gasteiger partial charge in [0.15, 0.2) is 5.82 Å². The Bertz CT molecular complexity index is 1640. The molecular weight excluding hydrogens is 547 g/mol. The Hall–Kier alpha value is -2.99. The summed E-state index contributed by atoms with van der Waals surface area (Å²) in [6.45, 7) is -4.84. The van der Waals surface area contributed by atoms with E-state index in [1.54, 1.807) is 0 Å². The monoisotopic (exact) mass is 591 g/mol. The lowest BCUT2D eigenvalue weighted by atomic mass is 9.79. The van der Waals surface area contributed by atoms with E-state index in [1.807, 2.05) is 22.5 Å². The zero-order valence-corrected chi connectivity index (χ0v) is 23.3. The number of halogens is 3. The van der Waals surface area contributed by atoms with Gasteiger partial charge in [-0.3, -0.25) is 9.58 Å². The molecule has 0 radical (unpaired) electrons. The molecule has 5 heterocycles. The summed E-state index contributed by atoms with van der Waals surface area (Å²) in [7, 11) is 1.83. The van der Waals surface area contributed by atoms with Gasteiger partial charge in [-0.2, -0.15) is 18.3 Å². The Morgan fingerprint density at radius 1 is 1.05 bits per heavy atom. The molecule has 12 heteroatoms. The molecule has 0 aromatic carbocycles. The van der Waals surface area contributed by atoms with Crippen molar-refractivity contribution in [3.05, 3.63) is 53.5 Å². The summed E-state index contributed by atoms with van der Waals surface area (Å²) in [6.07, 6.45) is 4.77. The van der Waals surface area contributed by atoms with Crippen molar-refractivity contribution in [2.24, 2.45) is 7.05 Å². The van der Waals surface area contributed by atoms with E-state index in [0.717, 1.165) is 55.4 Å². The van der Waals surface area contributed by atoms with Gasteiger partial charge >= 0.3 is 6.18 Å². The molecular formula is C30H38F3N7O2. The summed E-state index contributed by atoms with van der Waals surface area (Å²) in [5.74, 6) is 1.71. The van der Waals surface area contributed by atoms with Gasteiger partial charge in [-0.1, -0.05) is 0 Å². The third-order valence-electron chi connectivity index (χ3n) is 9.17. The van der Waals surface area contributed by atoms with Crippen molar-refractivity contribution in [1.82, 2.24) is 34.4 Å². The maximum absolute atomic E-state index is 13.0. The van der Waals surface area contributed by atoms with Crippen LogP contribution < -0.4 is 4.74 Å². The van der Waals surface area contributed by atoms with E-state index in [0.29, 0.717) is 37.4 Å². The van der Waals surface area contributed by atoms with Gasteiger partial charge in [-0.25, -0.2) is 4.98 Å². The highest BCUT2D eigenvalue weighted by Gasteiger charge is 2.51. The zero-order valence-electron chi connectivity index (χ0n) is 29.3. The van der Waals surface area contributed by atoms with Crippen LogP contribution in [0.3, 0.4) is 0 Å². The molecule has 0 atom stereocenters. The van der Waals surface area contributed by atoms with Gasteiger partial charge < -0.3 is 14.0 Å². The van der Waals surface area contributed by atoms with Gasteiger partial charge in [0.1, 0.15) is 12.4 Å². The van der Waals surface area contributed by atoms with Crippen LogP contribution in [0.25, 0.3) is 0 Å². The Morgan fingerprint density at radius 2 is 1.79 bits per heavy atom. The molecule has 0 unspecified atom stereocenters. The van der Waals surface area contributed by atoms with Crippen LogP contribution in [0.15, 0.2) is 30.7 Å². The number of ether oxygens (including phenoxy) is 2. The van der Waals surface area contributed by atoms with Crippen LogP contribution in [0.1, 0.15) is 107 Å². The lowest BCUT2D eigenvalue weighted by molar-refractivity contribution is -0.231. The van der Waals surface area contributed by atoms with Gasteiger partial charge in [-0.15, -0.1) is 10.2 Å². The number of hydrogen-bond acceptors (Lipinski definition) is 7. The number of rotatable bonds is 7. The molecule has 4 fully saturated rings. The second-order valence-electron chi connectivity index (χ2n) is 11.7. The smallest absolute Gasteiger partial charge is 0.416 e. The molecule has 7 rings (SSSR count). The van der Waals surface area contributed by atoms with Crippen LogP contribution in [-0.2, 0) is 24.6 Å². The Labute approximate surface area is 251 Å². The minimum atomic E-state index is -4.48. The molecule has 2 aliphatic heterocycles. The lowest BCUT2D eigenvalue weighted by Gasteiger charge is -2.58. The molecule has 4 aliphatic rings. The predicted octanol–water partition coefficient (Wildman–Crippen LogP) is 5.40. The summed E-state index contributed by atoms with van der Waals surface area (Å²) >= 11 is 0. The number of hydrogen-bond donors (Lipinski definition) is 0. The number of alkyl halides is 3. The van der Waals surface area contributed by atoms with Gasteiger partial charge in [0.2, 0.25) is 5.88 Å². The average Bonchev–Trinajstić information content (AvgIpc) is 3.66. The maximum atomic E-state index is 13.0. The molecule has 1 spiro atoms.